The van der Waals surface area contributed by atoms with E-state index in [2.05, 4.69) is 24.0 Å². The van der Waals surface area contributed by atoms with E-state index in [0.29, 0.717) is 18.1 Å². The second kappa shape index (κ2) is 7.23. The molecule has 1 aliphatic rings. The third-order valence-electron chi connectivity index (χ3n) is 4.54. The number of nitrogens with zero attached hydrogens (tertiary/aromatic N) is 2. The topological polar surface area (TPSA) is 40.6 Å². The molecule has 1 saturated heterocycles. The summed E-state index contributed by atoms with van der Waals surface area (Å²) in [5.74, 6) is 0. The van der Waals surface area contributed by atoms with Gasteiger partial charge in [-0.3, -0.25) is 4.90 Å². The van der Waals surface area contributed by atoms with E-state index in [0.717, 1.165) is 13.1 Å². The molecule has 1 fully saturated rings. The Morgan fingerprint density at radius 1 is 0.958 bits per heavy atom. The van der Waals surface area contributed by atoms with Crippen molar-refractivity contribution in [1.82, 2.24) is 9.21 Å². The molecule has 1 heterocycles. The van der Waals surface area contributed by atoms with Crippen molar-refractivity contribution < 1.29 is 8.42 Å². The van der Waals surface area contributed by atoms with Gasteiger partial charge in [-0.2, -0.15) is 4.31 Å². The van der Waals surface area contributed by atoms with Gasteiger partial charge in [0.15, 0.2) is 0 Å². The minimum absolute atomic E-state index is 0.263. The van der Waals surface area contributed by atoms with Crippen LogP contribution in [-0.4, -0.2) is 43.8 Å². The summed E-state index contributed by atoms with van der Waals surface area (Å²) in [7, 11) is -3.48. The Labute approximate surface area is 148 Å². The number of halogens is 1. The van der Waals surface area contributed by atoms with E-state index in [9.17, 15) is 8.42 Å². The molecule has 0 amide bonds. The first-order valence-corrected chi connectivity index (χ1v) is 9.85. The van der Waals surface area contributed by atoms with Crippen LogP contribution in [0.3, 0.4) is 0 Å². The van der Waals surface area contributed by atoms with Crippen molar-refractivity contribution in [2.75, 3.05) is 26.2 Å². The Balaban J connectivity index is 1.69. The first-order valence-electron chi connectivity index (χ1n) is 8.03. The maximum atomic E-state index is 12.7. The molecule has 2 aromatic rings. The smallest absolute Gasteiger partial charge is 0.243 e. The third-order valence-corrected chi connectivity index (χ3v) is 6.67. The monoisotopic (exact) mass is 364 g/mol. The molecule has 6 heteroatoms. The summed E-state index contributed by atoms with van der Waals surface area (Å²) in [6.07, 6.45) is 0. The molecule has 1 atom stereocenters. The predicted molar refractivity (Wildman–Crippen MR) is 96.6 cm³/mol. The van der Waals surface area contributed by atoms with Gasteiger partial charge in [-0.25, -0.2) is 8.42 Å². The molecule has 24 heavy (non-hydrogen) atoms. The summed E-state index contributed by atoms with van der Waals surface area (Å²) in [5.41, 5.74) is 1.25. The van der Waals surface area contributed by atoms with Gasteiger partial charge < -0.3 is 0 Å². The molecule has 0 spiro atoms. The lowest BCUT2D eigenvalue weighted by Crippen LogP contribution is -2.49. The molecule has 0 aliphatic carbocycles. The zero-order valence-electron chi connectivity index (χ0n) is 13.6. The highest BCUT2D eigenvalue weighted by atomic mass is 35.5. The quantitative estimate of drug-likeness (QED) is 0.834. The summed E-state index contributed by atoms with van der Waals surface area (Å²) >= 11 is 5.93. The maximum Gasteiger partial charge on any atom is 0.243 e. The molecule has 0 saturated carbocycles. The third kappa shape index (κ3) is 3.64. The van der Waals surface area contributed by atoms with Gasteiger partial charge in [-0.1, -0.05) is 48.0 Å². The second-order valence-electron chi connectivity index (χ2n) is 5.98. The number of rotatable bonds is 4. The minimum Gasteiger partial charge on any atom is -0.294 e. The van der Waals surface area contributed by atoms with Gasteiger partial charge in [0.2, 0.25) is 10.0 Å². The van der Waals surface area contributed by atoms with Crippen LogP contribution in [0.25, 0.3) is 0 Å². The SMILES string of the molecule is CC(c1ccccc1)N1CCN(S(=O)(=O)c2cccc(Cl)c2)CC1. The average Bonchev–Trinajstić information content (AvgIpc) is 2.62. The van der Waals surface area contributed by atoms with Crippen LogP contribution in [0.1, 0.15) is 18.5 Å². The van der Waals surface area contributed by atoms with E-state index >= 15 is 0 Å². The van der Waals surface area contributed by atoms with Crippen LogP contribution in [0.15, 0.2) is 59.5 Å². The minimum atomic E-state index is -3.48. The standard InChI is InChI=1S/C18H21ClN2O2S/c1-15(16-6-3-2-4-7-16)20-10-12-21(13-11-20)24(22,23)18-9-5-8-17(19)14-18/h2-9,14-15H,10-13H2,1H3. The lowest BCUT2D eigenvalue weighted by atomic mass is 10.1. The number of hydrogen-bond donors (Lipinski definition) is 0. The molecule has 3 rings (SSSR count). The Kier molecular flexibility index (Phi) is 5.25. The highest BCUT2D eigenvalue weighted by molar-refractivity contribution is 7.89. The summed E-state index contributed by atoms with van der Waals surface area (Å²) in [6, 6.07) is 17.0. The van der Waals surface area contributed by atoms with Crippen molar-refractivity contribution in [2.45, 2.75) is 17.9 Å². The molecule has 4 nitrogen and oxygen atoms in total. The van der Waals surface area contributed by atoms with Crippen molar-refractivity contribution in [3.63, 3.8) is 0 Å². The molecule has 2 aromatic carbocycles. The average molecular weight is 365 g/mol. The van der Waals surface area contributed by atoms with Crippen molar-refractivity contribution in [3.05, 3.63) is 65.2 Å². The first kappa shape index (κ1) is 17.4. The molecule has 0 N–H and O–H groups in total. The van der Waals surface area contributed by atoms with E-state index in [1.807, 2.05) is 18.2 Å². The van der Waals surface area contributed by atoms with Crippen LogP contribution in [0.5, 0.6) is 0 Å². The molecule has 1 unspecified atom stereocenters. The highest BCUT2D eigenvalue weighted by Crippen LogP contribution is 2.25. The Hall–Kier alpha value is -1.40. The summed E-state index contributed by atoms with van der Waals surface area (Å²) in [4.78, 5) is 2.58. The number of sulfonamides is 1. The number of benzene rings is 2. The zero-order chi connectivity index (χ0) is 17.2. The fourth-order valence-corrected chi connectivity index (χ4v) is 4.77. The molecule has 0 bridgehead atoms. The Morgan fingerprint density at radius 2 is 1.62 bits per heavy atom. The lowest BCUT2D eigenvalue weighted by Gasteiger charge is -2.37. The Bertz CT molecular complexity index is 788. The van der Waals surface area contributed by atoms with E-state index in [-0.39, 0.29) is 10.9 Å². The predicted octanol–water partition coefficient (Wildman–Crippen LogP) is 3.41. The highest BCUT2D eigenvalue weighted by Gasteiger charge is 2.30. The molecular weight excluding hydrogens is 344 g/mol. The normalized spacial score (nSPS) is 18.4. The van der Waals surface area contributed by atoms with Crippen LogP contribution >= 0.6 is 11.6 Å². The first-order chi connectivity index (χ1) is 11.5. The molecule has 1 aliphatic heterocycles. The van der Waals surface area contributed by atoms with E-state index in [4.69, 9.17) is 11.6 Å². The van der Waals surface area contributed by atoms with Gasteiger partial charge in [0.1, 0.15) is 0 Å². The van der Waals surface area contributed by atoms with Crippen molar-refractivity contribution in [2.24, 2.45) is 0 Å². The fourth-order valence-electron chi connectivity index (χ4n) is 3.05. The lowest BCUT2D eigenvalue weighted by molar-refractivity contribution is 0.146. The van der Waals surface area contributed by atoms with Gasteiger partial charge in [0.25, 0.3) is 0 Å². The van der Waals surface area contributed by atoms with Crippen LogP contribution in [-0.2, 0) is 10.0 Å². The zero-order valence-corrected chi connectivity index (χ0v) is 15.2. The van der Waals surface area contributed by atoms with E-state index in [1.54, 1.807) is 22.5 Å². The summed E-state index contributed by atoms with van der Waals surface area (Å²) in [6.45, 7) is 4.58. The van der Waals surface area contributed by atoms with E-state index in [1.165, 1.54) is 11.6 Å². The van der Waals surface area contributed by atoms with Crippen LogP contribution in [0, 0.1) is 0 Å². The molecular formula is C18H21ClN2O2S. The van der Waals surface area contributed by atoms with Gasteiger partial charge in [-0.15, -0.1) is 0 Å². The van der Waals surface area contributed by atoms with Crippen molar-refractivity contribution in [3.8, 4) is 0 Å². The van der Waals surface area contributed by atoms with Crippen molar-refractivity contribution in [1.29, 1.82) is 0 Å². The Morgan fingerprint density at radius 3 is 2.25 bits per heavy atom. The van der Waals surface area contributed by atoms with Gasteiger partial charge >= 0.3 is 0 Å². The molecule has 0 radical (unpaired) electrons. The van der Waals surface area contributed by atoms with Crippen LogP contribution < -0.4 is 0 Å². The maximum absolute atomic E-state index is 12.7. The van der Waals surface area contributed by atoms with Gasteiger partial charge in [0, 0.05) is 37.2 Å². The second-order valence-corrected chi connectivity index (χ2v) is 8.36. The van der Waals surface area contributed by atoms with E-state index < -0.39 is 10.0 Å². The fraction of sp³-hybridized carbons (Fsp3) is 0.333. The van der Waals surface area contributed by atoms with Crippen molar-refractivity contribution >= 4 is 21.6 Å². The number of piperazine rings is 1. The largest absolute Gasteiger partial charge is 0.294 e. The van der Waals surface area contributed by atoms with Gasteiger partial charge in [-0.05, 0) is 30.7 Å². The molecule has 128 valence electrons. The van der Waals surface area contributed by atoms with Crippen LogP contribution in [0.2, 0.25) is 5.02 Å². The summed E-state index contributed by atoms with van der Waals surface area (Å²) in [5, 5.41) is 0.437. The molecule has 0 aromatic heterocycles. The van der Waals surface area contributed by atoms with Gasteiger partial charge in [0.05, 0.1) is 4.90 Å². The van der Waals surface area contributed by atoms with Crippen LogP contribution in [0.4, 0.5) is 0 Å². The number of hydrogen-bond acceptors (Lipinski definition) is 3. The summed E-state index contributed by atoms with van der Waals surface area (Å²) < 4.78 is 27.0.